The average molecular weight is 276 g/mol. The second-order valence-electron chi connectivity index (χ2n) is 4.11. The Balaban J connectivity index is 2.54. The summed E-state index contributed by atoms with van der Waals surface area (Å²) in [7, 11) is 0. The SMILES string of the molecule is CC(C)(O)CCNc1cc(F)ccc1Br. The van der Waals surface area contributed by atoms with E-state index in [0.717, 1.165) is 4.47 Å². The van der Waals surface area contributed by atoms with Crippen molar-refractivity contribution in [1.29, 1.82) is 0 Å². The van der Waals surface area contributed by atoms with Gasteiger partial charge in [0, 0.05) is 11.0 Å². The largest absolute Gasteiger partial charge is 0.390 e. The van der Waals surface area contributed by atoms with Crippen LogP contribution < -0.4 is 5.32 Å². The van der Waals surface area contributed by atoms with Crippen molar-refractivity contribution in [2.24, 2.45) is 0 Å². The van der Waals surface area contributed by atoms with E-state index in [1.165, 1.54) is 12.1 Å². The van der Waals surface area contributed by atoms with Crippen LogP contribution in [0.25, 0.3) is 0 Å². The molecule has 0 aliphatic heterocycles. The van der Waals surface area contributed by atoms with Crippen LogP contribution in [-0.4, -0.2) is 17.3 Å². The molecule has 4 heteroatoms. The van der Waals surface area contributed by atoms with E-state index in [4.69, 9.17) is 0 Å². The average Bonchev–Trinajstić information content (AvgIpc) is 2.09. The molecule has 2 nitrogen and oxygen atoms in total. The second kappa shape index (κ2) is 4.94. The molecule has 1 aromatic rings. The van der Waals surface area contributed by atoms with Gasteiger partial charge >= 0.3 is 0 Å². The van der Waals surface area contributed by atoms with Crippen molar-refractivity contribution in [2.75, 3.05) is 11.9 Å². The summed E-state index contributed by atoms with van der Waals surface area (Å²) in [5, 5.41) is 12.6. The molecule has 0 aromatic heterocycles. The smallest absolute Gasteiger partial charge is 0.125 e. The van der Waals surface area contributed by atoms with Crippen LogP contribution >= 0.6 is 15.9 Å². The summed E-state index contributed by atoms with van der Waals surface area (Å²) in [5.41, 5.74) is 0.00605. The van der Waals surface area contributed by atoms with E-state index in [1.807, 2.05) is 0 Å². The first-order chi connectivity index (χ1) is 6.88. The lowest BCUT2D eigenvalue weighted by Gasteiger charge is -2.17. The number of halogens is 2. The van der Waals surface area contributed by atoms with Crippen molar-refractivity contribution in [3.63, 3.8) is 0 Å². The van der Waals surface area contributed by atoms with E-state index in [2.05, 4.69) is 21.2 Å². The maximum Gasteiger partial charge on any atom is 0.125 e. The molecule has 2 N–H and O–H groups in total. The zero-order chi connectivity index (χ0) is 11.5. The fourth-order valence-electron chi connectivity index (χ4n) is 1.14. The zero-order valence-corrected chi connectivity index (χ0v) is 10.4. The molecule has 0 atom stereocenters. The quantitative estimate of drug-likeness (QED) is 0.885. The fraction of sp³-hybridized carbons (Fsp3) is 0.455. The molecule has 1 rings (SSSR count). The number of rotatable bonds is 4. The van der Waals surface area contributed by atoms with Crippen LogP contribution in [0.15, 0.2) is 22.7 Å². The second-order valence-corrected chi connectivity index (χ2v) is 4.97. The third kappa shape index (κ3) is 4.62. The van der Waals surface area contributed by atoms with Gasteiger partial charge in [-0.2, -0.15) is 0 Å². The molecule has 0 aliphatic carbocycles. The highest BCUT2D eigenvalue weighted by atomic mass is 79.9. The van der Waals surface area contributed by atoms with Gasteiger partial charge in [-0.05, 0) is 54.4 Å². The highest BCUT2D eigenvalue weighted by molar-refractivity contribution is 9.10. The van der Waals surface area contributed by atoms with Crippen LogP contribution in [0.5, 0.6) is 0 Å². The minimum absolute atomic E-state index is 0.274. The molecule has 0 aliphatic rings. The first-order valence-electron chi connectivity index (χ1n) is 4.80. The number of aliphatic hydroxyl groups is 1. The Morgan fingerprint density at radius 3 is 2.73 bits per heavy atom. The fourth-order valence-corrected chi connectivity index (χ4v) is 1.52. The summed E-state index contributed by atoms with van der Waals surface area (Å²) in [6.45, 7) is 4.09. The molecular formula is C11H15BrFNO. The van der Waals surface area contributed by atoms with Crippen molar-refractivity contribution in [3.05, 3.63) is 28.5 Å². The van der Waals surface area contributed by atoms with E-state index in [1.54, 1.807) is 19.9 Å². The molecule has 1 aromatic carbocycles. The Morgan fingerprint density at radius 2 is 2.13 bits per heavy atom. The zero-order valence-electron chi connectivity index (χ0n) is 8.85. The van der Waals surface area contributed by atoms with Crippen LogP contribution in [0.2, 0.25) is 0 Å². The molecule has 0 amide bonds. The van der Waals surface area contributed by atoms with Crippen molar-refractivity contribution in [2.45, 2.75) is 25.9 Å². The highest BCUT2D eigenvalue weighted by Crippen LogP contribution is 2.23. The van der Waals surface area contributed by atoms with Crippen molar-refractivity contribution >= 4 is 21.6 Å². The molecule has 0 spiro atoms. The summed E-state index contributed by atoms with van der Waals surface area (Å²) >= 11 is 3.32. The van der Waals surface area contributed by atoms with Gasteiger partial charge < -0.3 is 10.4 Å². The van der Waals surface area contributed by atoms with Gasteiger partial charge in [-0.15, -0.1) is 0 Å². The van der Waals surface area contributed by atoms with E-state index in [9.17, 15) is 9.50 Å². The van der Waals surface area contributed by atoms with Crippen LogP contribution in [0, 0.1) is 5.82 Å². The predicted molar refractivity (Wildman–Crippen MR) is 63.5 cm³/mol. The van der Waals surface area contributed by atoms with E-state index < -0.39 is 5.60 Å². The lowest BCUT2D eigenvalue weighted by molar-refractivity contribution is 0.0749. The Bertz CT molecular complexity index is 336. The summed E-state index contributed by atoms with van der Waals surface area (Å²) in [6.07, 6.45) is 0.607. The minimum Gasteiger partial charge on any atom is -0.390 e. The van der Waals surface area contributed by atoms with Crippen molar-refractivity contribution < 1.29 is 9.50 Å². The van der Waals surface area contributed by atoms with Crippen molar-refractivity contribution in [1.82, 2.24) is 0 Å². The minimum atomic E-state index is -0.702. The number of benzene rings is 1. The van der Waals surface area contributed by atoms with Crippen LogP contribution in [0.3, 0.4) is 0 Å². The Morgan fingerprint density at radius 1 is 1.47 bits per heavy atom. The lowest BCUT2D eigenvalue weighted by atomic mass is 10.1. The molecule has 0 heterocycles. The number of nitrogens with one attached hydrogen (secondary N) is 1. The van der Waals surface area contributed by atoms with E-state index in [0.29, 0.717) is 18.7 Å². The van der Waals surface area contributed by atoms with Gasteiger partial charge in [0.1, 0.15) is 5.82 Å². The normalized spacial score (nSPS) is 11.5. The van der Waals surface area contributed by atoms with Gasteiger partial charge in [0.2, 0.25) is 0 Å². The summed E-state index contributed by atoms with van der Waals surface area (Å²) < 4.78 is 13.7. The molecule has 0 saturated heterocycles. The van der Waals surface area contributed by atoms with Crippen LogP contribution in [0.4, 0.5) is 10.1 Å². The summed E-state index contributed by atoms with van der Waals surface area (Å²) in [6, 6.07) is 4.47. The molecule has 15 heavy (non-hydrogen) atoms. The van der Waals surface area contributed by atoms with Crippen LogP contribution in [0.1, 0.15) is 20.3 Å². The number of hydrogen-bond acceptors (Lipinski definition) is 2. The summed E-state index contributed by atoms with van der Waals surface area (Å²) in [5.74, 6) is -0.274. The molecule has 0 saturated carbocycles. The van der Waals surface area contributed by atoms with E-state index in [-0.39, 0.29) is 5.82 Å². The summed E-state index contributed by atoms with van der Waals surface area (Å²) in [4.78, 5) is 0. The molecule has 0 fully saturated rings. The molecule has 84 valence electrons. The van der Waals surface area contributed by atoms with E-state index >= 15 is 0 Å². The van der Waals surface area contributed by atoms with Gasteiger partial charge in [0.25, 0.3) is 0 Å². The molecule has 0 radical (unpaired) electrons. The van der Waals surface area contributed by atoms with Gasteiger partial charge in [-0.1, -0.05) is 0 Å². The Hall–Kier alpha value is -0.610. The molecule has 0 unspecified atom stereocenters. The van der Waals surface area contributed by atoms with Gasteiger partial charge in [0.05, 0.1) is 11.3 Å². The molecular weight excluding hydrogens is 261 g/mol. The first-order valence-corrected chi connectivity index (χ1v) is 5.59. The third-order valence-corrected chi connectivity index (χ3v) is 2.67. The number of anilines is 1. The van der Waals surface area contributed by atoms with Gasteiger partial charge in [-0.25, -0.2) is 4.39 Å². The monoisotopic (exact) mass is 275 g/mol. The lowest BCUT2D eigenvalue weighted by Crippen LogP contribution is -2.22. The van der Waals surface area contributed by atoms with Gasteiger partial charge in [0.15, 0.2) is 0 Å². The Kier molecular flexibility index (Phi) is 4.11. The third-order valence-electron chi connectivity index (χ3n) is 1.98. The maximum atomic E-state index is 12.9. The van der Waals surface area contributed by atoms with Crippen molar-refractivity contribution in [3.8, 4) is 0 Å². The first kappa shape index (κ1) is 12.5. The standard InChI is InChI=1S/C11H15BrFNO/c1-11(2,15)5-6-14-10-7-8(13)3-4-9(10)12/h3-4,7,14-15H,5-6H2,1-2H3. The van der Waals surface area contributed by atoms with Gasteiger partial charge in [-0.3, -0.25) is 0 Å². The molecule has 0 bridgehead atoms. The maximum absolute atomic E-state index is 12.9. The Labute approximate surface area is 97.6 Å². The van der Waals surface area contributed by atoms with Crippen LogP contribution in [-0.2, 0) is 0 Å². The topological polar surface area (TPSA) is 32.3 Å². The predicted octanol–water partition coefficient (Wildman–Crippen LogP) is 3.16. The number of hydrogen-bond donors (Lipinski definition) is 2. The highest BCUT2D eigenvalue weighted by Gasteiger charge is 2.11.